The number of carbonyl (C=O) groups is 2. The molecule has 2 amide bonds. The monoisotopic (exact) mass is 370 g/mol. The molecule has 1 fully saturated rings. The normalized spacial score (nSPS) is 16.0. The van der Waals surface area contributed by atoms with Crippen LogP contribution < -0.4 is 5.32 Å². The topological polar surface area (TPSA) is 49.4 Å². The third-order valence-corrected chi connectivity index (χ3v) is 4.95. The molecule has 0 unspecified atom stereocenters. The fourth-order valence-electron chi connectivity index (χ4n) is 3.22. The Hall–Kier alpha value is -2.05. The van der Waals surface area contributed by atoms with Gasteiger partial charge in [0.25, 0.3) is 5.91 Å². The van der Waals surface area contributed by atoms with Crippen LogP contribution in [0, 0.1) is 5.92 Å². The highest BCUT2D eigenvalue weighted by Crippen LogP contribution is 2.29. The smallest absolute Gasteiger partial charge is 0.349 e. The van der Waals surface area contributed by atoms with Crippen LogP contribution in [0.25, 0.3) is 0 Å². The van der Waals surface area contributed by atoms with Gasteiger partial charge in [0.15, 0.2) is 0 Å². The largest absolute Gasteiger partial charge is 0.416 e. The summed E-state index contributed by atoms with van der Waals surface area (Å²) >= 11 is 0. The number of alkyl halides is 3. The van der Waals surface area contributed by atoms with Crippen LogP contribution in [-0.4, -0.2) is 35.8 Å². The number of rotatable bonds is 5. The van der Waals surface area contributed by atoms with Crippen LogP contribution in [0.5, 0.6) is 0 Å². The van der Waals surface area contributed by atoms with Gasteiger partial charge in [-0.2, -0.15) is 13.2 Å². The van der Waals surface area contributed by atoms with Crippen molar-refractivity contribution in [3.05, 3.63) is 35.4 Å². The predicted octanol–water partition coefficient (Wildman–Crippen LogP) is 3.86. The summed E-state index contributed by atoms with van der Waals surface area (Å²) in [5.74, 6) is -0.167. The van der Waals surface area contributed by atoms with E-state index in [4.69, 9.17) is 0 Å². The van der Waals surface area contributed by atoms with E-state index in [9.17, 15) is 22.8 Å². The molecule has 0 aromatic heterocycles. The Labute approximate surface area is 151 Å². The number of benzene rings is 1. The van der Waals surface area contributed by atoms with Gasteiger partial charge in [0.05, 0.1) is 5.56 Å². The van der Waals surface area contributed by atoms with E-state index >= 15 is 0 Å². The quantitative estimate of drug-likeness (QED) is 0.856. The zero-order valence-corrected chi connectivity index (χ0v) is 15.1. The Morgan fingerprint density at radius 3 is 2.12 bits per heavy atom. The molecule has 144 valence electrons. The Balaban J connectivity index is 1.87. The molecular weight excluding hydrogens is 345 g/mol. The summed E-state index contributed by atoms with van der Waals surface area (Å²) in [6.07, 6.45) is -1.47. The lowest BCUT2D eigenvalue weighted by molar-refractivity contribution is -0.138. The summed E-state index contributed by atoms with van der Waals surface area (Å²) in [4.78, 5) is 26.4. The minimum Gasteiger partial charge on any atom is -0.349 e. The molecule has 0 atom stereocenters. The van der Waals surface area contributed by atoms with Gasteiger partial charge in [-0.3, -0.25) is 9.59 Å². The molecular formula is C19H25F3N2O2. The number of piperidine rings is 1. The molecule has 0 saturated carbocycles. The SMILES string of the molecule is CCC(CC)C(=O)N1CCC(NC(=O)c2ccc(C(F)(F)F)cc2)CC1. The second kappa shape index (κ2) is 8.56. The van der Waals surface area contributed by atoms with E-state index in [0.717, 1.165) is 25.0 Å². The first-order chi connectivity index (χ1) is 12.3. The summed E-state index contributed by atoms with van der Waals surface area (Å²) in [6.45, 7) is 5.19. The van der Waals surface area contributed by atoms with Gasteiger partial charge in [0, 0.05) is 30.6 Å². The highest BCUT2D eigenvalue weighted by molar-refractivity contribution is 5.94. The lowest BCUT2D eigenvalue weighted by Gasteiger charge is -2.34. The molecule has 0 aliphatic carbocycles. The molecule has 0 radical (unpaired) electrons. The summed E-state index contributed by atoms with van der Waals surface area (Å²) in [5, 5.41) is 2.85. The molecule has 1 aromatic rings. The van der Waals surface area contributed by atoms with Gasteiger partial charge in [0.1, 0.15) is 0 Å². The average molecular weight is 370 g/mol. The molecule has 1 N–H and O–H groups in total. The van der Waals surface area contributed by atoms with Crippen molar-refractivity contribution in [1.82, 2.24) is 10.2 Å². The van der Waals surface area contributed by atoms with Crippen LogP contribution in [0.2, 0.25) is 0 Å². The number of nitrogens with zero attached hydrogens (tertiary/aromatic N) is 1. The van der Waals surface area contributed by atoms with Crippen molar-refractivity contribution < 1.29 is 22.8 Å². The molecule has 7 heteroatoms. The van der Waals surface area contributed by atoms with E-state index in [0.29, 0.717) is 25.9 Å². The first-order valence-corrected chi connectivity index (χ1v) is 9.03. The van der Waals surface area contributed by atoms with E-state index in [1.54, 1.807) is 0 Å². The van der Waals surface area contributed by atoms with Crippen molar-refractivity contribution in [1.29, 1.82) is 0 Å². The lowest BCUT2D eigenvalue weighted by Crippen LogP contribution is -2.48. The van der Waals surface area contributed by atoms with Crippen LogP contribution in [0.1, 0.15) is 55.5 Å². The Bertz CT molecular complexity index is 617. The molecule has 1 aliphatic rings. The molecule has 1 heterocycles. The summed E-state index contributed by atoms with van der Waals surface area (Å²) in [7, 11) is 0. The van der Waals surface area contributed by atoms with Gasteiger partial charge >= 0.3 is 6.18 Å². The first kappa shape index (κ1) is 20.3. The average Bonchev–Trinajstić information content (AvgIpc) is 2.62. The first-order valence-electron chi connectivity index (χ1n) is 9.03. The van der Waals surface area contributed by atoms with E-state index in [2.05, 4.69) is 5.32 Å². The van der Waals surface area contributed by atoms with Gasteiger partial charge in [-0.05, 0) is 49.9 Å². The minimum atomic E-state index is -4.41. The number of nitrogens with one attached hydrogen (secondary N) is 1. The maximum absolute atomic E-state index is 12.6. The van der Waals surface area contributed by atoms with Gasteiger partial charge < -0.3 is 10.2 Å². The second-order valence-electron chi connectivity index (χ2n) is 6.66. The molecule has 0 bridgehead atoms. The van der Waals surface area contributed by atoms with Crippen molar-refractivity contribution >= 4 is 11.8 Å². The fourth-order valence-corrected chi connectivity index (χ4v) is 3.22. The van der Waals surface area contributed by atoms with Crippen molar-refractivity contribution in [2.75, 3.05) is 13.1 Å². The van der Waals surface area contributed by atoms with Crippen molar-refractivity contribution in [2.45, 2.75) is 51.7 Å². The molecule has 4 nitrogen and oxygen atoms in total. The number of likely N-dealkylation sites (tertiary alicyclic amines) is 1. The third kappa shape index (κ3) is 4.99. The van der Waals surface area contributed by atoms with Crippen LogP contribution >= 0.6 is 0 Å². The van der Waals surface area contributed by atoms with E-state index in [1.165, 1.54) is 12.1 Å². The summed E-state index contributed by atoms with van der Waals surface area (Å²) in [5.41, 5.74) is -0.573. The number of halogens is 3. The Morgan fingerprint density at radius 2 is 1.65 bits per heavy atom. The van der Waals surface area contributed by atoms with E-state index < -0.39 is 11.7 Å². The van der Waals surface area contributed by atoms with E-state index in [-0.39, 0.29) is 29.3 Å². The van der Waals surface area contributed by atoms with Crippen molar-refractivity contribution in [3.8, 4) is 0 Å². The Morgan fingerprint density at radius 1 is 1.12 bits per heavy atom. The fraction of sp³-hybridized carbons (Fsp3) is 0.579. The molecule has 1 aromatic carbocycles. The zero-order chi connectivity index (χ0) is 19.3. The van der Waals surface area contributed by atoms with Gasteiger partial charge in [-0.1, -0.05) is 13.8 Å². The highest BCUT2D eigenvalue weighted by atomic mass is 19.4. The van der Waals surface area contributed by atoms with Gasteiger partial charge in [-0.15, -0.1) is 0 Å². The molecule has 1 aliphatic heterocycles. The molecule has 0 spiro atoms. The van der Waals surface area contributed by atoms with Crippen molar-refractivity contribution in [3.63, 3.8) is 0 Å². The van der Waals surface area contributed by atoms with Gasteiger partial charge in [0.2, 0.25) is 5.91 Å². The minimum absolute atomic E-state index is 0.0493. The maximum Gasteiger partial charge on any atom is 0.416 e. The maximum atomic E-state index is 12.6. The molecule has 2 rings (SSSR count). The predicted molar refractivity (Wildman–Crippen MR) is 92.6 cm³/mol. The van der Waals surface area contributed by atoms with Crippen LogP contribution in [0.15, 0.2) is 24.3 Å². The highest BCUT2D eigenvalue weighted by Gasteiger charge is 2.31. The van der Waals surface area contributed by atoms with Gasteiger partial charge in [-0.25, -0.2) is 0 Å². The van der Waals surface area contributed by atoms with Crippen LogP contribution in [-0.2, 0) is 11.0 Å². The summed E-state index contributed by atoms with van der Waals surface area (Å²) in [6, 6.07) is 4.11. The standard InChI is InChI=1S/C19H25F3N2O2/c1-3-13(4-2)18(26)24-11-9-16(10-12-24)23-17(25)14-5-7-15(8-6-14)19(20,21)22/h5-8,13,16H,3-4,9-12H2,1-2H3,(H,23,25). The number of amides is 2. The number of carbonyl (C=O) groups excluding carboxylic acids is 2. The lowest BCUT2D eigenvalue weighted by atomic mass is 9.98. The van der Waals surface area contributed by atoms with Crippen LogP contribution in [0.3, 0.4) is 0 Å². The summed E-state index contributed by atoms with van der Waals surface area (Å²) < 4.78 is 37.7. The molecule has 26 heavy (non-hydrogen) atoms. The van der Waals surface area contributed by atoms with Crippen molar-refractivity contribution in [2.24, 2.45) is 5.92 Å². The van der Waals surface area contributed by atoms with Crippen LogP contribution in [0.4, 0.5) is 13.2 Å². The van der Waals surface area contributed by atoms with E-state index in [1.807, 2.05) is 18.7 Å². The Kier molecular flexibility index (Phi) is 6.67. The third-order valence-electron chi connectivity index (χ3n) is 4.95. The number of hydrogen-bond donors (Lipinski definition) is 1. The zero-order valence-electron chi connectivity index (χ0n) is 15.1. The molecule has 1 saturated heterocycles. The number of hydrogen-bond acceptors (Lipinski definition) is 2. The second-order valence-corrected chi connectivity index (χ2v) is 6.66.